The quantitative estimate of drug-likeness (QED) is 0.766. The van der Waals surface area contributed by atoms with Crippen LogP contribution in [0.3, 0.4) is 0 Å². The number of nitriles is 1. The molecule has 0 spiro atoms. The first-order chi connectivity index (χ1) is 13.5. The van der Waals surface area contributed by atoms with Gasteiger partial charge in [-0.05, 0) is 58.4 Å². The van der Waals surface area contributed by atoms with E-state index in [-0.39, 0.29) is 30.5 Å². The summed E-state index contributed by atoms with van der Waals surface area (Å²) in [6.45, 7) is 5.11. The van der Waals surface area contributed by atoms with Gasteiger partial charge in [0.15, 0.2) is 0 Å². The van der Waals surface area contributed by atoms with E-state index in [1.807, 2.05) is 13.8 Å². The van der Waals surface area contributed by atoms with Gasteiger partial charge in [-0.2, -0.15) is 5.26 Å². The molecule has 2 heterocycles. The van der Waals surface area contributed by atoms with Crippen molar-refractivity contribution in [2.75, 3.05) is 13.1 Å². The average molecular weight is 387 g/mol. The molecule has 0 radical (unpaired) electrons. The van der Waals surface area contributed by atoms with Crippen LogP contribution < -0.4 is 4.74 Å². The Balaban J connectivity index is 1.38. The van der Waals surface area contributed by atoms with Crippen molar-refractivity contribution < 1.29 is 19.0 Å². The van der Waals surface area contributed by atoms with Gasteiger partial charge < -0.3 is 19.1 Å². The molecular formula is C21H29N3O4. The Morgan fingerprint density at radius 1 is 1.14 bits per heavy atom. The summed E-state index contributed by atoms with van der Waals surface area (Å²) >= 11 is 0. The second-order valence-electron chi connectivity index (χ2n) is 7.76. The van der Waals surface area contributed by atoms with Crippen LogP contribution in [0.5, 0.6) is 5.75 Å². The summed E-state index contributed by atoms with van der Waals surface area (Å²) in [6, 6.07) is 3.87. The minimum Gasteiger partial charge on any atom is -0.489 e. The van der Waals surface area contributed by atoms with Crippen LogP contribution in [0.2, 0.25) is 0 Å². The maximum absolute atomic E-state index is 12.0. The van der Waals surface area contributed by atoms with E-state index in [0.717, 1.165) is 38.5 Å². The highest BCUT2D eigenvalue weighted by Crippen LogP contribution is 2.29. The molecule has 1 aromatic heterocycles. The number of ether oxygens (including phenoxy) is 3. The minimum absolute atomic E-state index is 0.0877. The Hall–Kier alpha value is -2.33. The van der Waals surface area contributed by atoms with Gasteiger partial charge in [-0.1, -0.05) is 0 Å². The molecule has 1 aliphatic heterocycles. The number of aromatic nitrogens is 1. The molecule has 3 rings (SSSR count). The van der Waals surface area contributed by atoms with E-state index in [1.54, 1.807) is 17.2 Å². The Labute approximate surface area is 166 Å². The monoisotopic (exact) mass is 387 g/mol. The summed E-state index contributed by atoms with van der Waals surface area (Å²) in [5, 5.41) is 9.15. The number of hydrogen-bond acceptors (Lipinski definition) is 6. The first-order valence-corrected chi connectivity index (χ1v) is 10.2. The standard InChI is InChI=1S/C21H29N3O4/c1-15(2)26-21(25)24-11-8-19(9-12-24)27-17-3-5-18(6-4-17)28-20-7-10-23-14-16(20)13-22/h7,10,14-15,17-19H,3-6,8-9,11-12H2,1-2H3. The van der Waals surface area contributed by atoms with Gasteiger partial charge in [-0.15, -0.1) is 0 Å². The van der Waals surface area contributed by atoms with Crippen LogP contribution >= 0.6 is 0 Å². The van der Waals surface area contributed by atoms with Crippen molar-refractivity contribution in [1.82, 2.24) is 9.88 Å². The third-order valence-electron chi connectivity index (χ3n) is 5.24. The number of piperidine rings is 1. The lowest BCUT2D eigenvalue weighted by molar-refractivity contribution is -0.0656. The maximum atomic E-state index is 12.0. The van der Waals surface area contributed by atoms with Crippen molar-refractivity contribution in [2.24, 2.45) is 0 Å². The van der Waals surface area contributed by atoms with Crippen molar-refractivity contribution >= 4 is 6.09 Å². The molecule has 1 amide bonds. The van der Waals surface area contributed by atoms with Crippen molar-refractivity contribution in [3.05, 3.63) is 24.0 Å². The predicted octanol–water partition coefficient (Wildman–Crippen LogP) is 3.67. The fourth-order valence-electron chi connectivity index (χ4n) is 3.76. The van der Waals surface area contributed by atoms with Crippen molar-refractivity contribution in [1.29, 1.82) is 5.26 Å². The number of likely N-dealkylation sites (tertiary alicyclic amines) is 1. The third-order valence-corrected chi connectivity index (χ3v) is 5.24. The van der Waals surface area contributed by atoms with E-state index < -0.39 is 0 Å². The number of nitrogens with zero attached hydrogens (tertiary/aromatic N) is 3. The van der Waals surface area contributed by atoms with Crippen LogP contribution in [0.1, 0.15) is 57.9 Å². The van der Waals surface area contributed by atoms with Crippen LogP contribution in [-0.4, -0.2) is 53.5 Å². The van der Waals surface area contributed by atoms with Crippen LogP contribution in [0.4, 0.5) is 4.79 Å². The molecular weight excluding hydrogens is 358 g/mol. The first kappa shape index (κ1) is 20.4. The van der Waals surface area contributed by atoms with Gasteiger partial charge in [-0.25, -0.2) is 4.79 Å². The normalized spacial score (nSPS) is 23.3. The topological polar surface area (TPSA) is 84.7 Å². The fourth-order valence-corrected chi connectivity index (χ4v) is 3.76. The van der Waals surface area contributed by atoms with E-state index >= 15 is 0 Å². The van der Waals surface area contributed by atoms with Crippen LogP contribution in [0, 0.1) is 11.3 Å². The minimum atomic E-state index is -0.223. The first-order valence-electron chi connectivity index (χ1n) is 10.2. The molecule has 152 valence electrons. The zero-order valence-electron chi connectivity index (χ0n) is 16.7. The predicted molar refractivity (Wildman–Crippen MR) is 103 cm³/mol. The van der Waals surface area contributed by atoms with E-state index in [1.165, 1.54) is 6.20 Å². The fraction of sp³-hybridized carbons (Fsp3) is 0.667. The van der Waals surface area contributed by atoms with Crippen LogP contribution in [-0.2, 0) is 9.47 Å². The number of carbonyl (C=O) groups is 1. The Morgan fingerprint density at radius 2 is 1.79 bits per heavy atom. The molecule has 2 fully saturated rings. The van der Waals surface area contributed by atoms with E-state index in [9.17, 15) is 4.79 Å². The van der Waals surface area contributed by atoms with Gasteiger partial charge in [0.25, 0.3) is 0 Å². The molecule has 1 aliphatic carbocycles. The maximum Gasteiger partial charge on any atom is 0.410 e. The zero-order valence-corrected chi connectivity index (χ0v) is 16.7. The third kappa shape index (κ3) is 5.59. The Bertz CT molecular complexity index is 687. The molecule has 0 atom stereocenters. The lowest BCUT2D eigenvalue weighted by Crippen LogP contribution is -2.43. The van der Waals surface area contributed by atoms with Gasteiger partial charge in [0, 0.05) is 25.5 Å². The molecule has 1 aromatic rings. The molecule has 0 bridgehead atoms. The highest BCUT2D eigenvalue weighted by atomic mass is 16.6. The van der Waals surface area contributed by atoms with Gasteiger partial charge in [-0.3, -0.25) is 4.98 Å². The van der Waals surface area contributed by atoms with Gasteiger partial charge >= 0.3 is 6.09 Å². The number of rotatable bonds is 5. The van der Waals surface area contributed by atoms with Crippen LogP contribution in [0.15, 0.2) is 18.5 Å². The molecule has 1 saturated carbocycles. The molecule has 2 aliphatic rings. The molecule has 1 saturated heterocycles. The van der Waals surface area contributed by atoms with Gasteiger partial charge in [0.1, 0.15) is 17.4 Å². The molecule has 7 nitrogen and oxygen atoms in total. The largest absolute Gasteiger partial charge is 0.489 e. The molecule has 7 heteroatoms. The summed E-state index contributed by atoms with van der Waals surface area (Å²) in [6.07, 6.45) is 8.87. The van der Waals surface area contributed by atoms with E-state index in [0.29, 0.717) is 24.4 Å². The Kier molecular flexibility index (Phi) is 7.10. The van der Waals surface area contributed by atoms with E-state index in [2.05, 4.69) is 11.1 Å². The van der Waals surface area contributed by atoms with E-state index in [4.69, 9.17) is 19.5 Å². The molecule has 28 heavy (non-hydrogen) atoms. The second kappa shape index (κ2) is 9.74. The van der Waals surface area contributed by atoms with Crippen LogP contribution in [0.25, 0.3) is 0 Å². The van der Waals surface area contributed by atoms with Crippen molar-refractivity contribution in [3.63, 3.8) is 0 Å². The van der Waals surface area contributed by atoms with Crippen molar-refractivity contribution in [2.45, 2.75) is 76.8 Å². The lowest BCUT2D eigenvalue weighted by atomic mass is 9.94. The SMILES string of the molecule is CC(C)OC(=O)N1CCC(OC2CCC(Oc3ccncc3C#N)CC2)CC1. The summed E-state index contributed by atoms with van der Waals surface area (Å²) < 4.78 is 17.6. The summed E-state index contributed by atoms with van der Waals surface area (Å²) in [4.78, 5) is 17.7. The summed E-state index contributed by atoms with van der Waals surface area (Å²) in [5.41, 5.74) is 0.476. The lowest BCUT2D eigenvalue weighted by Gasteiger charge is -2.36. The number of amides is 1. The Morgan fingerprint density at radius 3 is 2.43 bits per heavy atom. The molecule has 0 N–H and O–H groups in total. The second-order valence-corrected chi connectivity index (χ2v) is 7.76. The van der Waals surface area contributed by atoms with Crippen molar-refractivity contribution in [3.8, 4) is 11.8 Å². The number of pyridine rings is 1. The zero-order chi connectivity index (χ0) is 19.9. The molecule has 0 aromatic carbocycles. The summed E-state index contributed by atoms with van der Waals surface area (Å²) in [5.74, 6) is 0.613. The highest BCUT2D eigenvalue weighted by Gasteiger charge is 2.29. The molecule has 0 unspecified atom stereocenters. The average Bonchev–Trinajstić information content (AvgIpc) is 2.70. The number of carbonyl (C=O) groups excluding carboxylic acids is 1. The smallest absolute Gasteiger partial charge is 0.410 e. The van der Waals surface area contributed by atoms with Gasteiger partial charge in [0.05, 0.1) is 24.4 Å². The highest BCUT2D eigenvalue weighted by molar-refractivity contribution is 5.67. The van der Waals surface area contributed by atoms with Gasteiger partial charge in [0.2, 0.25) is 0 Å². The summed E-state index contributed by atoms with van der Waals surface area (Å²) in [7, 11) is 0. The number of hydrogen-bond donors (Lipinski definition) is 0.